The topological polar surface area (TPSA) is 49.8 Å². The normalized spacial score (nSPS) is 23.0. The number of carbonyl (C=O) groups is 1. The summed E-state index contributed by atoms with van der Waals surface area (Å²) in [5, 5.41) is 9.04. The third kappa shape index (κ3) is 2.96. The van der Waals surface area contributed by atoms with E-state index in [0.29, 0.717) is 12.5 Å². The Labute approximate surface area is 120 Å². The van der Waals surface area contributed by atoms with Gasteiger partial charge in [-0.2, -0.15) is 0 Å². The van der Waals surface area contributed by atoms with Gasteiger partial charge in [0.1, 0.15) is 5.75 Å². The number of nitrogens with zero attached hydrogens (tertiary/aromatic N) is 1. The van der Waals surface area contributed by atoms with E-state index in [0.717, 1.165) is 12.3 Å². The maximum Gasteiger partial charge on any atom is 0.304 e. The quantitative estimate of drug-likeness (QED) is 0.899. The highest BCUT2D eigenvalue weighted by Gasteiger charge is 2.34. The molecule has 1 aromatic carbocycles. The Hall–Kier alpha value is -1.55. The third-order valence-corrected chi connectivity index (χ3v) is 4.04. The number of aliphatic carboxylic acids is 1. The van der Waals surface area contributed by atoms with Crippen LogP contribution in [0.3, 0.4) is 0 Å². The molecule has 3 unspecified atom stereocenters. The number of carboxylic acid groups (broad SMARTS) is 1. The summed E-state index contributed by atoms with van der Waals surface area (Å²) in [5.74, 6) is 0.529. The van der Waals surface area contributed by atoms with Crippen LogP contribution in [0.2, 0.25) is 0 Å². The molecule has 3 atom stereocenters. The molecule has 1 aliphatic heterocycles. The zero-order valence-electron chi connectivity index (χ0n) is 12.4. The Bertz CT molecular complexity index is 475. The van der Waals surface area contributed by atoms with Crippen molar-refractivity contribution >= 4 is 5.97 Å². The first-order valence-corrected chi connectivity index (χ1v) is 7.23. The molecule has 4 heteroatoms. The van der Waals surface area contributed by atoms with Crippen molar-refractivity contribution in [2.24, 2.45) is 5.92 Å². The fourth-order valence-electron chi connectivity index (χ4n) is 3.13. The molecule has 0 aromatic heterocycles. The Morgan fingerprint density at radius 1 is 1.50 bits per heavy atom. The Kier molecular flexibility index (Phi) is 4.65. The number of fused-ring (bicyclic) bond motifs is 1. The molecule has 110 valence electrons. The molecular formula is C16H23NO3. The molecule has 1 aliphatic rings. The van der Waals surface area contributed by atoms with Gasteiger partial charge in [0.25, 0.3) is 0 Å². The van der Waals surface area contributed by atoms with E-state index >= 15 is 0 Å². The van der Waals surface area contributed by atoms with Crippen LogP contribution in [-0.2, 0) is 4.79 Å². The second-order valence-electron chi connectivity index (χ2n) is 5.55. The van der Waals surface area contributed by atoms with E-state index in [1.54, 1.807) is 0 Å². The molecule has 0 fully saturated rings. The largest absolute Gasteiger partial charge is 0.493 e. The van der Waals surface area contributed by atoms with Gasteiger partial charge in [-0.25, -0.2) is 0 Å². The van der Waals surface area contributed by atoms with Gasteiger partial charge in [-0.1, -0.05) is 32.0 Å². The van der Waals surface area contributed by atoms with Gasteiger partial charge in [-0.05, 0) is 19.5 Å². The Morgan fingerprint density at radius 2 is 2.20 bits per heavy atom. The van der Waals surface area contributed by atoms with Crippen molar-refractivity contribution in [3.05, 3.63) is 29.8 Å². The van der Waals surface area contributed by atoms with E-state index in [1.165, 1.54) is 5.56 Å². The first-order chi connectivity index (χ1) is 9.54. The van der Waals surface area contributed by atoms with Crippen LogP contribution in [0.1, 0.15) is 38.8 Å². The van der Waals surface area contributed by atoms with Gasteiger partial charge in [0, 0.05) is 23.6 Å². The highest BCUT2D eigenvalue weighted by atomic mass is 16.5. The molecule has 0 saturated carbocycles. The molecule has 0 bridgehead atoms. The van der Waals surface area contributed by atoms with Gasteiger partial charge < -0.3 is 9.84 Å². The van der Waals surface area contributed by atoms with Gasteiger partial charge in [0.2, 0.25) is 0 Å². The average Bonchev–Trinajstić information content (AvgIpc) is 2.41. The SMILES string of the molecule is CCN(C(C)CC(=O)O)C1c2ccccc2OCC1C. The van der Waals surface area contributed by atoms with Crippen molar-refractivity contribution in [1.82, 2.24) is 4.90 Å². The van der Waals surface area contributed by atoms with Crippen molar-refractivity contribution in [3.63, 3.8) is 0 Å². The summed E-state index contributed by atoms with van der Waals surface area (Å²) >= 11 is 0. The summed E-state index contributed by atoms with van der Waals surface area (Å²) in [6.07, 6.45) is 0.167. The molecule has 20 heavy (non-hydrogen) atoms. The van der Waals surface area contributed by atoms with Crippen LogP contribution in [0.15, 0.2) is 24.3 Å². The molecule has 4 nitrogen and oxygen atoms in total. The Morgan fingerprint density at radius 3 is 2.85 bits per heavy atom. The minimum atomic E-state index is -0.746. The van der Waals surface area contributed by atoms with Crippen molar-refractivity contribution < 1.29 is 14.6 Å². The minimum Gasteiger partial charge on any atom is -0.493 e. The molecule has 0 radical (unpaired) electrons. The molecule has 1 aromatic rings. The zero-order chi connectivity index (χ0) is 14.7. The number of hydrogen-bond donors (Lipinski definition) is 1. The van der Waals surface area contributed by atoms with Crippen LogP contribution in [0.5, 0.6) is 5.75 Å². The maximum absolute atomic E-state index is 11.0. The standard InChI is InChI=1S/C16H23NO3/c1-4-17(12(3)9-15(18)19)16-11(2)10-20-14-8-6-5-7-13(14)16/h5-8,11-12,16H,4,9-10H2,1-3H3,(H,18,19). The van der Waals surface area contributed by atoms with Crippen molar-refractivity contribution in [1.29, 1.82) is 0 Å². The number of para-hydroxylation sites is 1. The fraction of sp³-hybridized carbons (Fsp3) is 0.562. The predicted octanol–water partition coefficient (Wildman–Crippen LogP) is 2.94. The van der Waals surface area contributed by atoms with Crippen LogP contribution >= 0.6 is 0 Å². The fourth-order valence-corrected chi connectivity index (χ4v) is 3.13. The molecule has 0 spiro atoms. The third-order valence-electron chi connectivity index (χ3n) is 4.04. The molecule has 0 amide bonds. The molecular weight excluding hydrogens is 254 g/mol. The van der Waals surface area contributed by atoms with E-state index in [9.17, 15) is 4.79 Å². The highest BCUT2D eigenvalue weighted by Crippen LogP contribution is 2.40. The summed E-state index contributed by atoms with van der Waals surface area (Å²) < 4.78 is 5.78. The molecule has 2 rings (SSSR count). The highest BCUT2D eigenvalue weighted by molar-refractivity contribution is 5.67. The van der Waals surface area contributed by atoms with Crippen molar-refractivity contribution in [2.75, 3.05) is 13.2 Å². The van der Waals surface area contributed by atoms with Crippen LogP contribution in [0.25, 0.3) is 0 Å². The zero-order valence-corrected chi connectivity index (χ0v) is 12.4. The number of ether oxygens (including phenoxy) is 1. The average molecular weight is 277 g/mol. The first-order valence-electron chi connectivity index (χ1n) is 7.23. The summed E-state index contributed by atoms with van der Waals surface area (Å²) in [7, 11) is 0. The van der Waals surface area contributed by atoms with Crippen molar-refractivity contribution in [3.8, 4) is 5.75 Å². The number of carboxylic acids is 1. The maximum atomic E-state index is 11.0. The molecule has 0 saturated heterocycles. The minimum absolute atomic E-state index is 0.0103. The van der Waals surface area contributed by atoms with Gasteiger partial charge >= 0.3 is 5.97 Å². The summed E-state index contributed by atoms with van der Waals surface area (Å²) in [5.41, 5.74) is 1.17. The lowest BCUT2D eigenvalue weighted by Gasteiger charge is -2.42. The van der Waals surface area contributed by atoms with Gasteiger partial charge in [-0.3, -0.25) is 9.69 Å². The van der Waals surface area contributed by atoms with Gasteiger partial charge in [0.05, 0.1) is 13.0 Å². The number of benzene rings is 1. The summed E-state index contributed by atoms with van der Waals surface area (Å²) in [6.45, 7) is 7.75. The second-order valence-corrected chi connectivity index (χ2v) is 5.55. The lowest BCUT2D eigenvalue weighted by molar-refractivity contribution is -0.138. The van der Waals surface area contributed by atoms with E-state index < -0.39 is 5.97 Å². The lowest BCUT2D eigenvalue weighted by Crippen LogP contribution is -2.43. The molecule has 0 aliphatic carbocycles. The predicted molar refractivity (Wildman–Crippen MR) is 77.9 cm³/mol. The van der Waals surface area contributed by atoms with Crippen LogP contribution < -0.4 is 4.74 Å². The van der Waals surface area contributed by atoms with Gasteiger partial charge in [-0.15, -0.1) is 0 Å². The molecule has 1 N–H and O–H groups in total. The number of hydrogen-bond acceptors (Lipinski definition) is 3. The van der Waals surface area contributed by atoms with Crippen LogP contribution in [0, 0.1) is 5.92 Å². The summed E-state index contributed by atoms with van der Waals surface area (Å²) in [6, 6.07) is 8.30. The first kappa shape index (κ1) is 14.9. The van der Waals surface area contributed by atoms with E-state index in [2.05, 4.69) is 24.8 Å². The van der Waals surface area contributed by atoms with Gasteiger partial charge in [0.15, 0.2) is 0 Å². The van der Waals surface area contributed by atoms with E-state index in [4.69, 9.17) is 9.84 Å². The monoisotopic (exact) mass is 277 g/mol. The van der Waals surface area contributed by atoms with Crippen LogP contribution in [-0.4, -0.2) is 35.2 Å². The van der Waals surface area contributed by atoms with E-state index in [-0.39, 0.29) is 18.5 Å². The second kappa shape index (κ2) is 6.27. The lowest BCUT2D eigenvalue weighted by atomic mass is 9.89. The smallest absolute Gasteiger partial charge is 0.304 e. The Balaban J connectivity index is 2.30. The summed E-state index contributed by atoms with van der Waals surface area (Å²) in [4.78, 5) is 13.3. The van der Waals surface area contributed by atoms with E-state index in [1.807, 2.05) is 25.1 Å². The van der Waals surface area contributed by atoms with Crippen LogP contribution in [0.4, 0.5) is 0 Å². The van der Waals surface area contributed by atoms with Crippen molar-refractivity contribution in [2.45, 2.75) is 39.3 Å². The number of rotatable bonds is 5. The molecule has 1 heterocycles.